The molecule has 0 fully saturated rings. The Labute approximate surface area is 159 Å². The molecule has 1 heterocycles. The largest absolute Gasteiger partial charge is 0.462 e. The fourth-order valence-electron chi connectivity index (χ4n) is 2.72. The number of ether oxygens (including phenoxy) is 1. The Kier molecular flexibility index (Phi) is 6.43. The van der Waals surface area contributed by atoms with Crippen LogP contribution < -0.4 is 5.32 Å². The number of hydrogen-bond donors (Lipinski definition) is 1. The van der Waals surface area contributed by atoms with Crippen molar-refractivity contribution < 1.29 is 22.7 Å². The van der Waals surface area contributed by atoms with Crippen LogP contribution in [0.5, 0.6) is 0 Å². The highest BCUT2D eigenvalue weighted by molar-refractivity contribution is 7.91. The van der Waals surface area contributed by atoms with E-state index in [4.69, 9.17) is 4.74 Å². The zero-order chi connectivity index (χ0) is 20.2. The van der Waals surface area contributed by atoms with Crippen LogP contribution in [0.1, 0.15) is 35.6 Å². The average Bonchev–Trinajstić information content (AvgIpc) is 2.90. The lowest BCUT2D eigenvalue weighted by Gasteiger charge is -2.11. The third-order valence-electron chi connectivity index (χ3n) is 4.25. The van der Waals surface area contributed by atoms with Gasteiger partial charge in [-0.1, -0.05) is 6.92 Å². The number of carbonyl (C=O) groups excluding carboxylic acids is 2. The lowest BCUT2D eigenvalue weighted by atomic mass is 10.2. The summed E-state index contributed by atoms with van der Waals surface area (Å²) in [7, 11) is -3.27. The molecule has 0 aliphatic carbocycles. The molecule has 0 aliphatic rings. The van der Waals surface area contributed by atoms with Gasteiger partial charge >= 0.3 is 5.97 Å². The molecule has 1 aromatic heterocycles. The highest BCUT2D eigenvalue weighted by atomic mass is 32.2. The van der Waals surface area contributed by atoms with E-state index in [1.54, 1.807) is 43.5 Å². The van der Waals surface area contributed by atoms with Gasteiger partial charge in [0.1, 0.15) is 6.54 Å². The van der Waals surface area contributed by atoms with Crippen LogP contribution in [0, 0.1) is 13.8 Å². The summed E-state index contributed by atoms with van der Waals surface area (Å²) in [6.07, 6.45) is 0. The molecule has 0 aliphatic heterocycles. The number of aromatic nitrogens is 1. The molecule has 2 aromatic rings. The summed E-state index contributed by atoms with van der Waals surface area (Å²) in [5, 5.41) is 2.73. The Hall–Kier alpha value is -2.61. The van der Waals surface area contributed by atoms with Gasteiger partial charge in [0.25, 0.3) is 0 Å². The smallest absolute Gasteiger partial charge is 0.339 e. The average molecular weight is 392 g/mol. The molecule has 27 heavy (non-hydrogen) atoms. The van der Waals surface area contributed by atoms with E-state index >= 15 is 0 Å². The van der Waals surface area contributed by atoms with Crippen molar-refractivity contribution >= 4 is 27.4 Å². The Morgan fingerprint density at radius 2 is 1.74 bits per heavy atom. The Balaban J connectivity index is 2.11. The minimum atomic E-state index is -3.27. The number of nitrogens with one attached hydrogen (secondary N) is 1. The molecule has 0 saturated carbocycles. The molecular formula is C19H24N2O5S. The van der Waals surface area contributed by atoms with Crippen LogP contribution in [0.2, 0.25) is 0 Å². The van der Waals surface area contributed by atoms with Crippen molar-refractivity contribution in [3.8, 4) is 0 Å². The number of carbonyl (C=O) groups is 2. The minimum absolute atomic E-state index is 0.0215. The van der Waals surface area contributed by atoms with Gasteiger partial charge in [-0.15, -0.1) is 0 Å². The quantitative estimate of drug-likeness (QED) is 0.731. The van der Waals surface area contributed by atoms with E-state index < -0.39 is 15.8 Å². The number of amides is 1. The van der Waals surface area contributed by atoms with Crippen molar-refractivity contribution in [2.75, 3.05) is 17.7 Å². The molecule has 0 bridgehead atoms. The van der Waals surface area contributed by atoms with Gasteiger partial charge in [0, 0.05) is 17.1 Å². The van der Waals surface area contributed by atoms with E-state index in [2.05, 4.69) is 5.32 Å². The first-order chi connectivity index (χ1) is 12.7. The molecule has 7 nitrogen and oxygen atoms in total. The van der Waals surface area contributed by atoms with Crippen molar-refractivity contribution in [3.63, 3.8) is 0 Å². The second-order valence-corrected chi connectivity index (χ2v) is 8.35. The van der Waals surface area contributed by atoms with Crippen molar-refractivity contribution in [1.82, 2.24) is 4.57 Å². The zero-order valence-corrected chi connectivity index (χ0v) is 16.7. The van der Waals surface area contributed by atoms with E-state index in [0.29, 0.717) is 16.9 Å². The Morgan fingerprint density at radius 1 is 1.11 bits per heavy atom. The SMILES string of the molecule is CCOC(=O)c1cc(C)n(CC(=O)Nc2ccc(S(=O)(=O)CC)cc2)c1C. The molecule has 146 valence electrons. The van der Waals surface area contributed by atoms with Crippen LogP contribution in [0.4, 0.5) is 5.69 Å². The van der Waals surface area contributed by atoms with E-state index in [-0.39, 0.29) is 29.7 Å². The normalized spacial score (nSPS) is 11.3. The van der Waals surface area contributed by atoms with Crippen LogP contribution in [-0.2, 0) is 25.9 Å². The van der Waals surface area contributed by atoms with Crippen molar-refractivity contribution in [3.05, 3.63) is 47.3 Å². The molecule has 0 spiro atoms. The predicted molar refractivity (Wildman–Crippen MR) is 103 cm³/mol. The summed E-state index contributed by atoms with van der Waals surface area (Å²) in [4.78, 5) is 24.5. The highest BCUT2D eigenvalue weighted by Gasteiger charge is 2.18. The zero-order valence-electron chi connectivity index (χ0n) is 15.9. The highest BCUT2D eigenvalue weighted by Crippen LogP contribution is 2.18. The second-order valence-electron chi connectivity index (χ2n) is 6.07. The monoisotopic (exact) mass is 392 g/mol. The van der Waals surface area contributed by atoms with E-state index in [1.807, 2.05) is 6.92 Å². The van der Waals surface area contributed by atoms with Crippen molar-refractivity contribution in [2.24, 2.45) is 0 Å². The third kappa shape index (κ3) is 4.77. The van der Waals surface area contributed by atoms with Gasteiger partial charge in [-0.2, -0.15) is 0 Å². The van der Waals surface area contributed by atoms with Gasteiger partial charge in [0.05, 0.1) is 22.8 Å². The molecule has 1 amide bonds. The second kappa shape index (κ2) is 8.39. The minimum Gasteiger partial charge on any atom is -0.462 e. The summed E-state index contributed by atoms with van der Waals surface area (Å²) in [6, 6.07) is 7.75. The molecule has 1 N–H and O–H groups in total. The van der Waals surface area contributed by atoms with E-state index in [1.165, 1.54) is 12.1 Å². The molecular weight excluding hydrogens is 368 g/mol. The molecule has 0 saturated heterocycles. The first-order valence-electron chi connectivity index (χ1n) is 8.66. The van der Waals surface area contributed by atoms with Crippen LogP contribution in [-0.4, -0.2) is 37.2 Å². The lowest BCUT2D eigenvalue weighted by molar-refractivity contribution is -0.116. The maximum atomic E-state index is 12.4. The first kappa shape index (κ1) is 20.7. The Morgan fingerprint density at radius 3 is 2.30 bits per heavy atom. The first-order valence-corrected chi connectivity index (χ1v) is 10.3. The number of aryl methyl sites for hydroxylation is 1. The number of benzene rings is 1. The van der Waals surface area contributed by atoms with Gasteiger partial charge < -0.3 is 14.6 Å². The van der Waals surface area contributed by atoms with Crippen molar-refractivity contribution in [2.45, 2.75) is 39.1 Å². The van der Waals surface area contributed by atoms with Crippen LogP contribution in [0.3, 0.4) is 0 Å². The number of hydrogen-bond acceptors (Lipinski definition) is 5. The predicted octanol–water partition coefficient (Wildman–Crippen LogP) is 2.71. The standard InChI is InChI=1S/C19H24N2O5S/c1-5-26-19(23)17-11-13(3)21(14(17)4)12-18(22)20-15-7-9-16(10-8-15)27(24,25)6-2/h7-11H,5-6,12H2,1-4H3,(H,20,22). The van der Waals surface area contributed by atoms with Crippen LogP contribution in [0.15, 0.2) is 35.2 Å². The fraction of sp³-hybridized carbons (Fsp3) is 0.368. The van der Waals surface area contributed by atoms with E-state index in [9.17, 15) is 18.0 Å². The molecule has 0 unspecified atom stereocenters. The van der Waals surface area contributed by atoms with Gasteiger partial charge in [0.15, 0.2) is 9.84 Å². The summed E-state index contributed by atoms with van der Waals surface area (Å²) in [5.41, 5.74) is 2.37. The summed E-state index contributed by atoms with van der Waals surface area (Å²) in [5.74, 6) is -0.670. The van der Waals surface area contributed by atoms with Gasteiger partial charge in [-0.25, -0.2) is 13.2 Å². The molecule has 0 atom stereocenters. The molecule has 0 radical (unpaired) electrons. The topological polar surface area (TPSA) is 94.5 Å². The molecule has 2 rings (SSSR count). The summed E-state index contributed by atoms with van der Waals surface area (Å²) in [6.45, 7) is 7.21. The summed E-state index contributed by atoms with van der Waals surface area (Å²) >= 11 is 0. The third-order valence-corrected chi connectivity index (χ3v) is 6.00. The van der Waals surface area contributed by atoms with Crippen LogP contribution >= 0.6 is 0 Å². The number of esters is 1. The van der Waals surface area contributed by atoms with Crippen molar-refractivity contribution in [1.29, 1.82) is 0 Å². The van der Waals surface area contributed by atoms with Gasteiger partial charge in [-0.05, 0) is 51.1 Å². The number of sulfone groups is 1. The van der Waals surface area contributed by atoms with Gasteiger partial charge in [0.2, 0.25) is 5.91 Å². The van der Waals surface area contributed by atoms with Gasteiger partial charge in [-0.3, -0.25) is 4.79 Å². The maximum absolute atomic E-state index is 12.4. The van der Waals surface area contributed by atoms with Crippen LogP contribution in [0.25, 0.3) is 0 Å². The van der Waals surface area contributed by atoms with E-state index in [0.717, 1.165) is 5.69 Å². The summed E-state index contributed by atoms with van der Waals surface area (Å²) < 4.78 is 30.4. The number of anilines is 1. The maximum Gasteiger partial charge on any atom is 0.339 e. The number of rotatable bonds is 7. The Bertz CT molecular complexity index is 943. The number of nitrogens with zero attached hydrogens (tertiary/aromatic N) is 1. The lowest BCUT2D eigenvalue weighted by Crippen LogP contribution is -2.20. The molecule has 1 aromatic carbocycles. The molecule has 8 heteroatoms. The fourth-order valence-corrected chi connectivity index (χ4v) is 3.60.